The molecule has 22 heavy (non-hydrogen) atoms. The van der Waals surface area contributed by atoms with Gasteiger partial charge in [-0.25, -0.2) is 0 Å². The van der Waals surface area contributed by atoms with E-state index in [0.29, 0.717) is 22.9 Å². The maximum absolute atomic E-state index is 9.67. The van der Waals surface area contributed by atoms with Crippen LogP contribution in [0.1, 0.15) is 0 Å². The van der Waals surface area contributed by atoms with Gasteiger partial charge in [-0.2, -0.15) is 5.11 Å². The summed E-state index contributed by atoms with van der Waals surface area (Å²) in [6, 6.07) is 7.30. The quantitative estimate of drug-likeness (QED) is 0.824. The number of hydrogen-bond donors (Lipinski definition) is 2. The Bertz CT molecular complexity index is 675. The first kappa shape index (κ1) is 15.4. The molecule has 0 aliphatic carbocycles. The molecule has 0 fully saturated rings. The number of nitrogens with zero attached hydrogens (tertiary/aromatic N) is 2. The SMILES string of the molecule is COc1cc(/N=N/c2ccc(O)cc2O)cc(OC)c1OC. The van der Waals surface area contributed by atoms with Gasteiger partial charge < -0.3 is 24.4 Å². The van der Waals surface area contributed by atoms with Gasteiger partial charge in [-0.15, -0.1) is 5.11 Å². The molecular formula is C15H16N2O5. The third-order valence-corrected chi connectivity index (χ3v) is 2.88. The molecule has 0 bridgehead atoms. The van der Waals surface area contributed by atoms with E-state index in [0.717, 1.165) is 0 Å². The van der Waals surface area contributed by atoms with Crippen LogP contribution in [0.4, 0.5) is 11.4 Å². The lowest BCUT2D eigenvalue weighted by Crippen LogP contribution is -1.94. The smallest absolute Gasteiger partial charge is 0.203 e. The first-order valence-electron chi connectivity index (χ1n) is 6.32. The predicted octanol–water partition coefficient (Wildman–Crippen LogP) is 3.54. The zero-order chi connectivity index (χ0) is 16.1. The molecule has 0 saturated carbocycles. The van der Waals surface area contributed by atoms with Crippen LogP contribution in [0, 0.1) is 0 Å². The molecule has 7 heteroatoms. The summed E-state index contributed by atoms with van der Waals surface area (Å²) in [5, 5.41) is 26.9. The molecule has 0 aliphatic heterocycles. The molecule has 2 N–H and O–H groups in total. The minimum atomic E-state index is -0.170. The highest BCUT2D eigenvalue weighted by molar-refractivity contribution is 5.60. The molecule has 0 spiro atoms. The van der Waals surface area contributed by atoms with Gasteiger partial charge in [0.15, 0.2) is 11.5 Å². The second kappa shape index (κ2) is 6.66. The molecule has 7 nitrogen and oxygen atoms in total. The van der Waals surface area contributed by atoms with Crippen LogP contribution >= 0.6 is 0 Å². The van der Waals surface area contributed by atoms with Crippen LogP contribution in [-0.2, 0) is 0 Å². The van der Waals surface area contributed by atoms with Gasteiger partial charge in [0.1, 0.15) is 17.2 Å². The van der Waals surface area contributed by atoms with Gasteiger partial charge in [0, 0.05) is 18.2 Å². The number of methoxy groups -OCH3 is 3. The van der Waals surface area contributed by atoms with Crippen LogP contribution in [-0.4, -0.2) is 31.5 Å². The predicted molar refractivity (Wildman–Crippen MR) is 80.0 cm³/mol. The van der Waals surface area contributed by atoms with Crippen LogP contribution in [0.15, 0.2) is 40.6 Å². The average Bonchev–Trinajstić information content (AvgIpc) is 2.52. The minimum absolute atomic E-state index is 0.0516. The van der Waals surface area contributed by atoms with Crippen molar-refractivity contribution in [1.29, 1.82) is 0 Å². The molecule has 0 aromatic heterocycles. The van der Waals surface area contributed by atoms with Crippen molar-refractivity contribution in [3.63, 3.8) is 0 Å². The maximum atomic E-state index is 9.67. The van der Waals surface area contributed by atoms with Crippen LogP contribution in [0.5, 0.6) is 28.7 Å². The van der Waals surface area contributed by atoms with Gasteiger partial charge in [-0.05, 0) is 12.1 Å². The van der Waals surface area contributed by atoms with Crippen molar-refractivity contribution < 1.29 is 24.4 Å². The number of aromatic hydroxyl groups is 2. The van der Waals surface area contributed by atoms with Gasteiger partial charge in [0.2, 0.25) is 5.75 Å². The standard InChI is InChI=1S/C15H16N2O5/c1-20-13-6-9(7-14(21-2)15(13)22-3)16-17-11-5-4-10(18)8-12(11)19/h4-8,18-19H,1-3H3/b17-16+. The Balaban J connectivity index is 2.38. The number of ether oxygens (including phenoxy) is 3. The summed E-state index contributed by atoms with van der Waals surface area (Å²) in [5.41, 5.74) is 0.688. The maximum Gasteiger partial charge on any atom is 0.203 e. The third-order valence-electron chi connectivity index (χ3n) is 2.88. The molecule has 0 atom stereocenters. The number of benzene rings is 2. The second-order valence-corrected chi connectivity index (χ2v) is 4.26. The van der Waals surface area contributed by atoms with E-state index in [1.165, 1.54) is 39.5 Å². The Labute approximate surface area is 127 Å². The largest absolute Gasteiger partial charge is 0.508 e. The van der Waals surface area contributed by atoms with Gasteiger partial charge in [-0.1, -0.05) is 0 Å². The molecular weight excluding hydrogens is 288 g/mol. The summed E-state index contributed by atoms with van der Waals surface area (Å²) in [7, 11) is 4.52. The first-order chi connectivity index (χ1) is 10.6. The highest BCUT2D eigenvalue weighted by Crippen LogP contribution is 2.41. The number of phenolic OH excluding ortho intramolecular Hbond substituents is 2. The van der Waals surface area contributed by atoms with Crippen LogP contribution in [0.3, 0.4) is 0 Å². The molecule has 0 amide bonds. The van der Waals surface area contributed by atoms with E-state index < -0.39 is 0 Å². The van der Waals surface area contributed by atoms with Gasteiger partial charge in [0.05, 0.1) is 27.0 Å². The topological polar surface area (TPSA) is 92.9 Å². The summed E-state index contributed by atoms with van der Waals surface area (Å²) in [5.74, 6) is 1.13. The lowest BCUT2D eigenvalue weighted by molar-refractivity contribution is 0.324. The normalized spacial score (nSPS) is 10.7. The van der Waals surface area contributed by atoms with Crippen molar-refractivity contribution in [2.45, 2.75) is 0 Å². The van der Waals surface area contributed by atoms with E-state index in [4.69, 9.17) is 14.2 Å². The van der Waals surface area contributed by atoms with Gasteiger partial charge in [-0.3, -0.25) is 0 Å². The zero-order valence-corrected chi connectivity index (χ0v) is 12.4. The summed E-state index contributed by atoms with van der Waals surface area (Å²) < 4.78 is 15.7. The summed E-state index contributed by atoms with van der Waals surface area (Å²) in [6.45, 7) is 0. The molecule has 2 aromatic carbocycles. The lowest BCUT2D eigenvalue weighted by Gasteiger charge is -2.12. The fourth-order valence-corrected chi connectivity index (χ4v) is 1.83. The Morgan fingerprint density at radius 3 is 1.95 bits per heavy atom. The molecule has 0 saturated heterocycles. The molecule has 0 radical (unpaired) electrons. The van der Waals surface area contributed by atoms with Crippen LogP contribution in [0.2, 0.25) is 0 Å². The first-order valence-corrected chi connectivity index (χ1v) is 6.32. The van der Waals surface area contributed by atoms with Crippen molar-refractivity contribution >= 4 is 11.4 Å². The van der Waals surface area contributed by atoms with Crippen LogP contribution < -0.4 is 14.2 Å². The Kier molecular flexibility index (Phi) is 4.67. The molecule has 2 rings (SSSR count). The monoisotopic (exact) mass is 304 g/mol. The van der Waals surface area contributed by atoms with Crippen molar-refractivity contribution in [3.05, 3.63) is 30.3 Å². The summed E-state index contributed by atoms with van der Waals surface area (Å²) in [6.07, 6.45) is 0. The second-order valence-electron chi connectivity index (χ2n) is 4.26. The van der Waals surface area contributed by atoms with E-state index in [2.05, 4.69) is 10.2 Å². The molecule has 0 heterocycles. The van der Waals surface area contributed by atoms with E-state index in [-0.39, 0.29) is 17.2 Å². The fraction of sp³-hybridized carbons (Fsp3) is 0.200. The number of rotatable bonds is 5. The Hall–Kier alpha value is -2.96. The lowest BCUT2D eigenvalue weighted by atomic mass is 10.2. The highest BCUT2D eigenvalue weighted by Gasteiger charge is 2.13. The third kappa shape index (κ3) is 3.20. The van der Waals surface area contributed by atoms with Crippen molar-refractivity contribution in [1.82, 2.24) is 0 Å². The molecule has 2 aromatic rings. The van der Waals surface area contributed by atoms with Crippen LogP contribution in [0.25, 0.3) is 0 Å². The molecule has 0 unspecified atom stereocenters. The summed E-state index contributed by atoms with van der Waals surface area (Å²) >= 11 is 0. The van der Waals surface area contributed by atoms with Crippen molar-refractivity contribution in [2.75, 3.05) is 21.3 Å². The van der Waals surface area contributed by atoms with E-state index in [9.17, 15) is 10.2 Å². The van der Waals surface area contributed by atoms with E-state index in [1.54, 1.807) is 12.1 Å². The Morgan fingerprint density at radius 2 is 1.45 bits per heavy atom. The van der Waals surface area contributed by atoms with E-state index in [1.807, 2.05) is 0 Å². The van der Waals surface area contributed by atoms with E-state index >= 15 is 0 Å². The fourth-order valence-electron chi connectivity index (χ4n) is 1.83. The number of hydrogen-bond acceptors (Lipinski definition) is 7. The average molecular weight is 304 g/mol. The highest BCUT2D eigenvalue weighted by atomic mass is 16.5. The van der Waals surface area contributed by atoms with Crippen molar-refractivity contribution in [3.8, 4) is 28.7 Å². The molecule has 0 aliphatic rings. The van der Waals surface area contributed by atoms with Crippen molar-refractivity contribution in [2.24, 2.45) is 10.2 Å². The zero-order valence-electron chi connectivity index (χ0n) is 12.4. The molecule has 116 valence electrons. The Morgan fingerprint density at radius 1 is 0.818 bits per heavy atom. The van der Waals surface area contributed by atoms with Gasteiger partial charge >= 0.3 is 0 Å². The van der Waals surface area contributed by atoms with Gasteiger partial charge in [0.25, 0.3) is 0 Å². The number of azo groups is 1. The summed E-state index contributed by atoms with van der Waals surface area (Å²) in [4.78, 5) is 0. The number of phenols is 2. The minimum Gasteiger partial charge on any atom is -0.508 e.